The standard InChI is InChI=1S/C29H35ClFN7O2/c1-18(32)35-11-3-10-34-15-19-6-8-23(9-7-19)38-16-21-14-26(36-28(21)37-29(38)40)24-12-20(13-25(30)27(24)31)4-2-5-22(33)17-39/h6-9,12-14,16,22,34,39H,2-5,10-11,15,17,33H2,1H3,(H2,32,35)(H,36,37,40). The molecule has 4 aromatic rings. The number of aliphatic imine (C=N–C) groups is 1. The Bertz CT molecular complexity index is 1530. The Morgan fingerprint density at radius 2 is 2.00 bits per heavy atom. The van der Waals surface area contributed by atoms with Gasteiger partial charge < -0.3 is 26.9 Å². The van der Waals surface area contributed by atoms with Crippen LogP contribution in [-0.2, 0) is 13.0 Å². The number of aliphatic hydroxyl groups is 1. The van der Waals surface area contributed by atoms with Gasteiger partial charge in [0.25, 0.3) is 0 Å². The van der Waals surface area contributed by atoms with Gasteiger partial charge in [0.1, 0.15) is 5.65 Å². The lowest BCUT2D eigenvalue weighted by atomic mass is 10.0. The fourth-order valence-electron chi connectivity index (χ4n) is 4.44. The molecule has 0 amide bonds. The van der Waals surface area contributed by atoms with Crippen molar-refractivity contribution in [2.45, 2.75) is 45.2 Å². The van der Waals surface area contributed by atoms with Crippen molar-refractivity contribution in [2.24, 2.45) is 16.5 Å². The Kier molecular flexibility index (Phi) is 10.1. The van der Waals surface area contributed by atoms with Gasteiger partial charge >= 0.3 is 5.69 Å². The van der Waals surface area contributed by atoms with Gasteiger partial charge in [-0.15, -0.1) is 0 Å². The lowest BCUT2D eigenvalue weighted by Gasteiger charge is -2.10. The quantitative estimate of drug-likeness (QED) is 0.0946. The minimum Gasteiger partial charge on any atom is -0.395 e. The maximum absolute atomic E-state index is 15.0. The monoisotopic (exact) mass is 567 g/mol. The molecule has 2 aromatic carbocycles. The van der Waals surface area contributed by atoms with Crippen molar-refractivity contribution >= 4 is 28.5 Å². The number of fused-ring (bicyclic) bond motifs is 1. The Hall–Kier alpha value is -3.57. The van der Waals surface area contributed by atoms with E-state index in [1.54, 1.807) is 31.3 Å². The van der Waals surface area contributed by atoms with E-state index < -0.39 is 11.5 Å². The molecule has 1 unspecified atom stereocenters. The maximum atomic E-state index is 15.0. The summed E-state index contributed by atoms with van der Waals surface area (Å²) in [5, 5.41) is 13.2. The summed E-state index contributed by atoms with van der Waals surface area (Å²) in [7, 11) is 0. The number of aliphatic hydroxyl groups excluding tert-OH is 1. The van der Waals surface area contributed by atoms with Crippen molar-refractivity contribution in [3.05, 3.63) is 81.1 Å². The fourth-order valence-corrected chi connectivity index (χ4v) is 4.68. The van der Waals surface area contributed by atoms with Gasteiger partial charge in [-0.1, -0.05) is 23.7 Å². The predicted octanol–water partition coefficient (Wildman–Crippen LogP) is 3.67. The molecular formula is C29H35ClFN7O2. The average molecular weight is 568 g/mol. The van der Waals surface area contributed by atoms with Gasteiger partial charge in [-0.2, -0.15) is 4.98 Å². The first-order chi connectivity index (χ1) is 19.2. The van der Waals surface area contributed by atoms with Crippen LogP contribution in [-0.4, -0.2) is 51.2 Å². The molecule has 0 saturated carbocycles. The Morgan fingerprint density at radius 3 is 2.73 bits per heavy atom. The van der Waals surface area contributed by atoms with Gasteiger partial charge in [0.05, 0.1) is 28.8 Å². The molecule has 11 heteroatoms. The van der Waals surface area contributed by atoms with Crippen LogP contribution in [0.15, 0.2) is 58.4 Å². The van der Waals surface area contributed by atoms with E-state index in [1.807, 2.05) is 24.3 Å². The molecule has 0 radical (unpaired) electrons. The molecule has 0 fully saturated rings. The number of amidine groups is 1. The zero-order valence-electron chi connectivity index (χ0n) is 22.5. The van der Waals surface area contributed by atoms with Crippen LogP contribution < -0.4 is 22.5 Å². The van der Waals surface area contributed by atoms with Crippen LogP contribution in [0.4, 0.5) is 4.39 Å². The number of rotatable bonds is 13. The normalized spacial score (nSPS) is 12.8. The summed E-state index contributed by atoms with van der Waals surface area (Å²) < 4.78 is 16.5. The summed E-state index contributed by atoms with van der Waals surface area (Å²) in [6.45, 7) is 3.91. The molecule has 0 aliphatic rings. The van der Waals surface area contributed by atoms with Crippen LogP contribution in [0.1, 0.15) is 37.3 Å². The maximum Gasteiger partial charge on any atom is 0.354 e. The number of hydrogen-bond donors (Lipinski definition) is 5. The van der Waals surface area contributed by atoms with Crippen molar-refractivity contribution in [1.82, 2.24) is 19.9 Å². The number of aromatic nitrogens is 3. The highest BCUT2D eigenvalue weighted by Crippen LogP contribution is 2.31. The van der Waals surface area contributed by atoms with E-state index in [9.17, 15) is 4.79 Å². The second kappa shape index (κ2) is 13.7. The SMILES string of the molecule is CC(N)=NCCCNCc1ccc(-n2cc3cc(-c4cc(CCCC(N)CO)cc(Cl)c4F)[nH]c3nc2=O)cc1. The zero-order chi connectivity index (χ0) is 28.6. The summed E-state index contributed by atoms with van der Waals surface area (Å²) >= 11 is 6.21. The Labute approximate surface area is 237 Å². The van der Waals surface area contributed by atoms with Gasteiger partial charge in [0.2, 0.25) is 0 Å². The van der Waals surface area contributed by atoms with Gasteiger partial charge in [-0.3, -0.25) is 9.56 Å². The highest BCUT2D eigenvalue weighted by Gasteiger charge is 2.16. The zero-order valence-corrected chi connectivity index (χ0v) is 23.2. The van der Waals surface area contributed by atoms with Gasteiger partial charge in [0, 0.05) is 36.3 Å². The third-order valence-corrected chi connectivity index (χ3v) is 6.85. The predicted molar refractivity (Wildman–Crippen MR) is 159 cm³/mol. The lowest BCUT2D eigenvalue weighted by Crippen LogP contribution is -2.24. The van der Waals surface area contributed by atoms with Crippen molar-refractivity contribution in [2.75, 3.05) is 19.7 Å². The average Bonchev–Trinajstić information content (AvgIpc) is 3.34. The minimum absolute atomic E-state index is 0.0129. The number of H-pyrrole nitrogens is 1. The molecule has 0 aliphatic carbocycles. The van der Waals surface area contributed by atoms with Crippen LogP contribution >= 0.6 is 11.6 Å². The summed E-state index contributed by atoms with van der Waals surface area (Å²) in [4.78, 5) is 24.3. The van der Waals surface area contributed by atoms with Crippen LogP contribution in [0.3, 0.4) is 0 Å². The van der Waals surface area contributed by atoms with Crippen molar-refractivity contribution in [3.63, 3.8) is 0 Å². The van der Waals surface area contributed by atoms with Crippen molar-refractivity contribution in [3.8, 4) is 16.9 Å². The molecule has 2 aromatic heterocycles. The van der Waals surface area contributed by atoms with Crippen molar-refractivity contribution < 1.29 is 9.50 Å². The van der Waals surface area contributed by atoms with E-state index in [2.05, 4.69) is 20.3 Å². The molecule has 1 atom stereocenters. The molecule has 9 nitrogen and oxygen atoms in total. The number of halogens is 2. The summed E-state index contributed by atoms with van der Waals surface area (Å²) in [6, 6.07) is 12.5. The number of aromatic amines is 1. The van der Waals surface area contributed by atoms with E-state index in [-0.39, 0.29) is 17.7 Å². The smallest absolute Gasteiger partial charge is 0.354 e. The molecule has 0 saturated heterocycles. The second-order valence-corrected chi connectivity index (χ2v) is 10.3. The number of benzene rings is 2. The Balaban J connectivity index is 1.50. The summed E-state index contributed by atoms with van der Waals surface area (Å²) in [5.74, 6) is 0.0398. The van der Waals surface area contributed by atoms with Crippen LogP contribution in [0.25, 0.3) is 28.0 Å². The number of nitrogens with zero attached hydrogens (tertiary/aromatic N) is 3. The number of hydrogen-bond acceptors (Lipinski definition) is 6. The topological polar surface area (TPSA) is 147 Å². The summed E-state index contributed by atoms with van der Waals surface area (Å²) in [5.41, 5.74) is 14.6. The molecule has 0 aliphatic heterocycles. The second-order valence-electron chi connectivity index (χ2n) is 9.87. The summed E-state index contributed by atoms with van der Waals surface area (Å²) in [6.07, 6.45) is 4.60. The number of nitrogens with two attached hydrogens (primary N) is 2. The molecular weight excluding hydrogens is 533 g/mol. The third-order valence-electron chi connectivity index (χ3n) is 6.58. The Morgan fingerprint density at radius 1 is 1.23 bits per heavy atom. The van der Waals surface area contributed by atoms with E-state index >= 15 is 4.39 Å². The first-order valence-corrected chi connectivity index (χ1v) is 13.7. The van der Waals surface area contributed by atoms with E-state index in [1.165, 1.54) is 4.57 Å². The van der Waals surface area contributed by atoms with E-state index in [4.69, 9.17) is 28.2 Å². The van der Waals surface area contributed by atoms with Gasteiger partial charge in [-0.05, 0) is 80.6 Å². The van der Waals surface area contributed by atoms with Crippen LogP contribution in [0.2, 0.25) is 5.02 Å². The largest absolute Gasteiger partial charge is 0.395 e. The molecule has 212 valence electrons. The molecule has 7 N–H and O–H groups in total. The lowest BCUT2D eigenvalue weighted by molar-refractivity contribution is 0.258. The first kappa shape index (κ1) is 29.4. The van der Waals surface area contributed by atoms with Crippen molar-refractivity contribution in [1.29, 1.82) is 0 Å². The highest BCUT2D eigenvalue weighted by molar-refractivity contribution is 6.31. The first-order valence-electron chi connectivity index (χ1n) is 13.3. The molecule has 40 heavy (non-hydrogen) atoms. The molecule has 2 heterocycles. The minimum atomic E-state index is -0.550. The van der Waals surface area contributed by atoms with Crippen LogP contribution in [0.5, 0.6) is 0 Å². The van der Waals surface area contributed by atoms with Gasteiger partial charge in [-0.25, -0.2) is 9.18 Å². The highest BCUT2D eigenvalue weighted by atomic mass is 35.5. The third kappa shape index (κ3) is 7.54. The molecule has 0 bridgehead atoms. The van der Waals surface area contributed by atoms with E-state index in [0.717, 1.165) is 30.5 Å². The number of aryl methyl sites for hydroxylation is 1. The van der Waals surface area contributed by atoms with Crippen LogP contribution in [0, 0.1) is 5.82 Å². The molecule has 4 rings (SSSR count). The van der Waals surface area contributed by atoms with Gasteiger partial charge in [0.15, 0.2) is 5.82 Å². The number of nitrogens with one attached hydrogen (secondary N) is 2. The fraction of sp³-hybridized carbons (Fsp3) is 0.345. The molecule has 0 spiro atoms. The van der Waals surface area contributed by atoms with E-state index in [0.29, 0.717) is 59.7 Å².